The quantitative estimate of drug-likeness (QED) is 0.812. The van der Waals surface area contributed by atoms with Crippen LogP contribution in [0.25, 0.3) is 0 Å². The van der Waals surface area contributed by atoms with Crippen LogP contribution < -0.4 is 5.32 Å². The normalized spacial score (nSPS) is 16.2. The van der Waals surface area contributed by atoms with Gasteiger partial charge in [-0.15, -0.1) is 0 Å². The number of hydrogen-bond acceptors (Lipinski definition) is 4. The molecule has 1 aliphatic carbocycles. The number of carbonyl (C=O) groups is 2. The van der Waals surface area contributed by atoms with Gasteiger partial charge in [-0.3, -0.25) is 4.79 Å². The Morgan fingerprint density at radius 2 is 1.86 bits per heavy atom. The maximum atomic E-state index is 12.0. The van der Waals surface area contributed by atoms with Gasteiger partial charge in [0.2, 0.25) is 5.91 Å². The van der Waals surface area contributed by atoms with Crippen LogP contribution in [0.1, 0.15) is 12.8 Å². The molecule has 1 aromatic carbocycles. The molecule has 1 aliphatic rings. The summed E-state index contributed by atoms with van der Waals surface area (Å²) in [7, 11) is -3.82. The van der Waals surface area contributed by atoms with E-state index in [4.69, 9.17) is 16.7 Å². The van der Waals surface area contributed by atoms with Gasteiger partial charge in [0, 0.05) is 5.02 Å². The SMILES string of the molecule is O=C(CS(=O)(=O)c1ccc(Cl)cc1)NC(C(=O)O)C1CC1. The van der Waals surface area contributed by atoms with E-state index in [1.54, 1.807) is 0 Å². The summed E-state index contributed by atoms with van der Waals surface area (Å²) in [6.45, 7) is 0. The highest BCUT2D eigenvalue weighted by Gasteiger charge is 2.37. The molecule has 2 rings (SSSR count). The number of carbonyl (C=O) groups excluding carboxylic acids is 1. The molecular weight excluding hydrogens is 318 g/mol. The van der Waals surface area contributed by atoms with Crippen LogP contribution in [0.2, 0.25) is 5.02 Å². The lowest BCUT2D eigenvalue weighted by atomic mass is 10.2. The third-order valence-corrected chi connectivity index (χ3v) is 5.05. The van der Waals surface area contributed by atoms with E-state index in [-0.39, 0.29) is 10.8 Å². The van der Waals surface area contributed by atoms with Crippen molar-refractivity contribution in [2.45, 2.75) is 23.8 Å². The van der Waals surface area contributed by atoms with Gasteiger partial charge in [0.25, 0.3) is 0 Å². The monoisotopic (exact) mass is 331 g/mol. The van der Waals surface area contributed by atoms with Gasteiger partial charge in [-0.2, -0.15) is 0 Å². The molecule has 0 spiro atoms. The van der Waals surface area contributed by atoms with Crippen LogP contribution >= 0.6 is 11.6 Å². The average Bonchev–Trinajstić information content (AvgIpc) is 3.19. The molecule has 0 bridgehead atoms. The fourth-order valence-electron chi connectivity index (χ4n) is 1.92. The van der Waals surface area contributed by atoms with E-state index in [0.717, 1.165) is 12.8 Å². The lowest BCUT2D eigenvalue weighted by Crippen LogP contribution is -2.44. The molecule has 1 aromatic rings. The van der Waals surface area contributed by atoms with Crippen molar-refractivity contribution in [1.82, 2.24) is 5.32 Å². The van der Waals surface area contributed by atoms with Gasteiger partial charge in [0.05, 0.1) is 4.90 Å². The molecule has 2 N–H and O–H groups in total. The predicted octanol–water partition coefficient (Wildman–Crippen LogP) is 1.09. The zero-order valence-electron chi connectivity index (χ0n) is 11.0. The number of hydrogen-bond donors (Lipinski definition) is 2. The molecule has 0 aromatic heterocycles. The van der Waals surface area contributed by atoms with Crippen LogP contribution in [0, 0.1) is 5.92 Å². The maximum Gasteiger partial charge on any atom is 0.326 e. The second-order valence-electron chi connectivity index (χ2n) is 4.93. The van der Waals surface area contributed by atoms with Crippen LogP contribution in [-0.4, -0.2) is 37.2 Å². The zero-order valence-corrected chi connectivity index (χ0v) is 12.5. The van der Waals surface area contributed by atoms with Crippen LogP contribution in [-0.2, 0) is 19.4 Å². The van der Waals surface area contributed by atoms with Crippen molar-refractivity contribution in [3.8, 4) is 0 Å². The van der Waals surface area contributed by atoms with Gasteiger partial charge in [-0.25, -0.2) is 13.2 Å². The molecule has 0 saturated heterocycles. The predicted molar refractivity (Wildman–Crippen MR) is 75.8 cm³/mol. The molecule has 1 amide bonds. The van der Waals surface area contributed by atoms with Gasteiger partial charge in [0.1, 0.15) is 11.8 Å². The van der Waals surface area contributed by atoms with Crippen molar-refractivity contribution in [1.29, 1.82) is 0 Å². The van der Waals surface area contributed by atoms with E-state index in [0.29, 0.717) is 5.02 Å². The summed E-state index contributed by atoms with van der Waals surface area (Å²) in [5.74, 6) is -2.85. The van der Waals surface area contributed by atoms with Gasteiger partial charge >= 0.3 is 5.97 Å². The van der Waals surface area contributed by atoms with Crippen molar-refractivity contribution in [3.05, 3.63) is 29.3 Å². The third-order valence-electron chi connectivity index (χ3n) is 3.17. The highest BCUT2D eigenvalue weighted by molar-refractivity contribution is 7.92. The molecule has 0 radical (unpaired) electrons. The number of carboxylic acid groups (broad SMARTS) is 1. The van der Waals surface area contributed by atoms with Crippen LogP contribution in [0.3, 0.4) is 0 Å². The first-order valence-corrected chi connectivity index (χ1v) is 8.33. The van der Waals surface area contributed by atoms with E-state index in [9.17, 15) is 18.0 Å². The summed E-state index contributed by atoms with van der Waals surface area (Å²) in [5.41, 5.74) is 0. The first kappa shape index (κ1) is 15.8. The Bertz CT molecular complexity index is 652. The van der Waals surface area contributed by atoms with E-state index < -0.39 is 33.5 Å². The number of benzene rings is 1. The van der Waals surface area contributed by atoms with Gasteiger partial charge in [-0.05, 0) is 43.0 Å². The highest BCUT2D eigenvalue weighted by atomic mass is 35.5. The minimum absolute atomic E-state index is 0.0275. The molecule has 6 nitrogen and oxygen atoms in total. The number of halogens is 1. The summed E-state index contributed by atoms with van der Waals surface area (Å²) in [6, 6.07) is 4.42. The van der Waals surface area contributed by atoms with Gasteiger partial charge in [-0.1, -0.05) is 11.6 Å². The summed E-state index contributed by atoms with van der Waals surface area (Å²) < 4.78 is 24.1. The second kappa shape index (κ2) is 6.03. The topological polar surface area (TPSA) is 101 Å². The Morgan fingerprint density at radius 1 is 1.29 bits per heavy atom. The molecule has 0 aliphatic heterocycles. The number of amides is 1. The van der Waals surface area contributed by atoms with Crippen molar-refractivity contribution >= 4 is 33.3 Å². The highest BCUT2D eigenvalue weighted by Crippen LogP contribution is 2.32. The second-order valence-corrected chi connectivity index (χ2v) is 7.36. The summed E-state index contributed by atoms with van der Waals surface area (Å²) >= 11 is 5.67. The summed E-state index contributed by atoms with van der Waals surface area (Å²) in [5, 5.41) is 11.7. The number of sulfone groups is 1. The molecule has 1 atom stereocenters. The van der Waals surface area contributed by atoms with Crippen LogP contribution in [0.4, 0.5) is 0 Å². The number of rotatable bonds is 6. The zero-order chi connectivity index (χ0) is 15.6. The van der Waals surface area contributed by atoms with Crippen molar-refractivity contribution in [3.63, 3.8) is 0 Å². The molecule has 21 heavy (non-hydrogen) atoms. The standard InChI is InChI=1S/C13H14ClNO5S/c14-9-3-5-10(6-4-9)21(19,20)7-11(16)15-12(13(17)18)8-1-2-8/h3-6,8,12H,1-2,7H2,(H,15,16)(H,17,18). The first-order chi connectivity index (χ1) is 9.79. The van der Waals surface area contributed by atoms with Gasteiger partial charge in [0.15, 0.2) is 9.84 Å². The fraction of sp³-hybridized carbons (Fsp3) is 0.385. The van der Waals surface area contributed by atoms with Gasteiger partial charge < -0.3 is 10.4 Å². The minimum atomic E-state index is -3.82. The summed E-state index contributed by atoms with van der Waals surface area (Å²) in [6.07, 6.45) is 1.45. The molecule has 8 heteroatoms. The smallest absolute Gasteiger partial charge is 0.326 e. The minimum Gasteiger partial charge on any atom is -0.480 e. The number of aliphatic carboxylic acids is 1. The molecule has 1 saturated carbocycles. The van der Waals surface area contributed by atoms with Crippen molar-refractivity contribution in [2.24, 2.45) is 5.92 Å². The lowest BCUT2D eigenvalue weighted by molar-refractivity contribution is -0.142. The fourth-order valence-corrected chi connectivity index (χ4v) is 3.20. The van der Waals surface area contributed by atoms with E-state index in [1.165, 1.54) is 24.3 Å². The Labute approximate surface area is 127 Å². The number of carboxylic acids is 1. The largest absolute Gasteiger partial charge is 0.480 e. The number of nitrogens with one attached hydrogen (secondary N) is 1. The van der Waals surface area contributed by atoms with Crippen molar-refractivity contribution in [2.75, 3.05) is 5.75 Å². The molecule has 114 valence electrons. The lowest BCUT2D eigenvalue weighted by Gasteiger charge is -2.13. The third kappa shape index (κ3) is 4.18. The van der Waals surface area contributed by atoms with Crippen LogP contribution in [0.15, 0.2) is 29.2 Å². The molecule has 0 heterocycles. The molecular formula is C13H14ClNO5S. The Kier molecular flexibility index (Phi) is 4.53. The summed E-state index contributed by atoms with van der Waals surface area (Å²) in [4.78, 5) is 22.7. The van der Waals surface area contributed by atoms with E-state index >= 15 is 0 Å². The average molecular weight is 332 g/mol. The molecule has 1 fully saturated rings. The van der Waals surface area contributed by atoms with E-state index in [2.05, 4.69) is 5.32 Å². The maximum absolute atomic E-state index is 12.0. The molecule has 1 unspecified atom stereocenters. The van der Waals surface area contributed by atoms with Crippen molar-refractivity contribution < 1.29 is 23.1 Å². The van der Waals surface area contributed by atoms with Crippen LogP contribution in [0.5, 0.6) is 0 Å². The van der Waals surface area contributed by atoms with E-state index in [1.807, 2.05) is 0 Å². The first-order valence-electron chi connectivity index (χ1n) is 6.30. The Balaban J connectivity index is 2.04. The Morgan fingerprint density at radius 3 is 2.33 bits per heavy atom. The Hall–Kier alpha value is -1.60.